The van der Waals surface area contributed by atoms with E-state index in [1.54, 1.807) is 0 Å². The fourth-order valence-corrected chi connectivity index (χ4v) is 4.23. The molecular weight excluding hydrogens is 238 g/mol. The van der Waals surface area contributed by atoms with E-state index in [-0.39, 0.29) is 17.5 Å². The maximum Gasteiger partial charge on any atom is 0.154 e. The van der Waals surface area contributed by atoms with E-state index in [1.165, 1.54) is 0 Å². The molecule has 4 nitrogen and oxygen atoms in total. The van der Waals surface area contributed by atoms with Crippen molar-refractivity contribution >= 4 is 9.84 Å². The normalized spacial score (nSPS) is 29.7. The van der Waals surface area contributed by atoms with Gasteiger partial charge in [-0.25, -0.2) is 8.42 Å². The van der Waals surface area contributed by atoms with Crippen molar-refractivity contribution in [2.75, 3.05) is 18.1 Å². The third-order valence-corrected chi connectivity index (χ3v) is 5.35. The Hall–Kier alpha value is -0.130. The third kappa shape index (κ3) is 3.93. The lowest BCUT2D eigenvalue weighted by molar-refractivity contribution is 0.0562. The van der Waals surface area contributed by atoms with Gasteiger partial charge in [-0.3, -0.25) is 4.90 Å². The molecule has 0 saturated carbocycles. The molecule has 1 fully saturated rings. The number of nitrogens with zero attached hydrogens (tertiary/aromatic N) is 1. The Balaban J connectivity index is 2.76. The molecule has 0 spiro atoms. The summed E-state index contributed by atoms with van der Waals surface area (Å²) >= 11 is 0. The summed E-state index contributed by atoms with van der Waals surface area (Å²) < 4.78 is 23.1. The van der Waals surface area contributed by atoms with Crippen molar-refractivity contribution < 1.29 is 13.5 Å². The number of aliphatic hydroxyl groups excluding tert-OH is 1. The number of aliphatic hydroxyl groups is 1. The molecule has 0 amide bonds. The maximum atomic E-state index is 11.6. The molecule has 1 heterocycles. The van der Waals surface area contributed by atoms with Crippen molar-refractivity contribution in [2.45, 2.75) is 58.2 Å². The predicted octanol–water partition coefficient (Wildman–Crippen LogP) is 1.04. The zero-order valence-electron chi connectivity index (χ0n) is 11.1. The van der Waals surface area contributed by atoms with Gasteiger partial charge in [0.15, 0.2) is 9.84 Å². The topological polar surface area (TPSA) is 57.6 Å². The van der Waals surface area contributed by atoms with Gasteiger partial charge in [-0.1, -0.05) is 20.3 Å². The van der Waals surface area contributed by atoms with Gasteiger partial charge in [0.2, 0.25) is 0 Å². The van der Waals surface area contributed by atoms with E-state index < -0.39 is 15.9 Å². The number of unbranched alkanes of at least 4 members (excludes halogenated alkanes) is 1. The molecule has 0 aromatic heterocycles. The fraction of sp³-hybridized carbons (Fsp3) is 1.00. The van der Waals surface area contributed by atoms with Gasteiger partial charge in [0.25, 0.3) is 0 Å². The smallest absolute Gasteiger partial charge is 0.154 e. The minimum Gasteiger partial charge on any atom is -0.390 e. The molecule has 5 heteroatoms. The molecule has 102 valence electrons. The first-order valence-corrected chi connectivity index (χ1v) is 8.37. The first kappa shape index (κ1) is 14.9. The van der Waals surface area contributed by atoms with Gasteiger partial charge in [0.05, 0.1) is 23.7 Å². The van der Waals surface area contributed by atoms with E-state index in [2.05, 4.69) is 25.7 Å². The van der Waals surface area contributed by atoms with Crippen LogP contribution in [0.2, 0.25) is 0 Å². The molecule has 0 aromatic rings. The van der Waals surface area contributed by atoms with Crippen molar-refractivity contribution in [1.82, 2.24) is 4.90 Å². The van der Waals surface area contributed by atoms with Crippen LogP contribution in [0.15, 0.2) is 0 Å². The summed E-state index contributed by atoms with van der Waals surface area (Å²) in [6, 6.07) is 0.121. The number of sulfone groups is 1. The van der Waals surface area contributed by atoms with Crippen molar-refractivity contribution in [2.24, 2.45) is 0 Å². The second-order valence-corrected chi connectivity index (χ2v) is 7.21. The lowest BCUT2D eigenvalue weighted by Gasteiger charge is -2.35. The quantitative estimate of drug-likeness (QED) is 0.778. The van der Waals surface area contributed by atoms with Crippen LogP contribution in [-0.4, -0.2) is 54.7 Å². The molecule has 0 aromatic carbocycles. The molecule has 0 bridgehead atoms. The average Bonchev–Trinajstić information content (AvgIpc) is 2.52. The first-order chi connectivity index (χ1) is 7.91. The van der Waals surface area contributed by atoms with Crippen LogP contribution in [0.5, 0.6) is 0 Å². The number of hydrogen-bond donors (Lipinski definition) is 1. The van der Waals surface area contributed by atoms with Crippen LogP contribution < -0.4 is 0 Å². The zero-order chi connectivity index (χ0) is 13.1. The highest BCUT2D eigenvalue weighted by molar-refractivity contribution is 7.91. The second kappa shape index (κ2) is 6.16. The number of hydrogen-bond acceptors (Lipinski definition) is 4. The highest BCUT2D eigenvalue weighted by atomic mass is 32.2. The molecular formula is C12H25NO3S. The Morgan fingerprint density at radius 2 is 2.00 bits per heavy atom. The van der Waals surface area contributed by atoms with E-state index in [0.29, 0.717) is 6.04 Å². The molecule has 1 aliphatic heterocycles. The first-order valence-electron chi connectivity index (χ1n) is 6.55. The van der Waals surface area contributed by atoms with Gasteiger partial charge in [-0.2, -0.15) is 0 Å². The molecule has 1 N–H and O–H groups in total. The summed E-state index contributed by atoms with van der Waals surface area (Å²) in [7, 11) is -3.05. The van der Waals surface area contributed by atoms with Crippen molar-refractivity contribution in [3.05, 3.63) is 0 Å². The fourth-order valence-electron chi connectivity index (χ4n) is 2.42. The summed E-state index contributed by atoms with van der Waals surface area (Å²) in [6.07, 6.45) is 2.40. The molecule has 0 radical (unpaired) electrons. The van der Waals surface area contributed by atoms with Gasteiger partial charge >= 0.3 is 0 Å². The van der Waals surface area contributed by atoms with Crippen LogP contribution in [0.4, 0.5) is 0 Å². The summed E-state index contributed by atoms with van der Waals surface area (Å²) in [6.45, 7) is 7.20. The van der Waals surface area contributed by atoms with Gasteiger partial charge in [0, 0.05) is 6.04 Å². The monoisotopic (exact) mass is 263 g/mol. The van der Waals surface area contributed by atoms with Gasteiger partial charge in [-0.05, 0) is 26.3 Å². The van der Waals surface area contributed by atoms with Crippen LogP contribution >= 0.6 is 0 Å². The number of rotatable bonds is 6. The van der Waals surface area contributed by atoms with Crippen LogP contribution in [0.25, 0.3) is 0 Å². The van der Waals surface area contributed by atoms with Crippen LogP contribution in [0, 0.1) is 0 Å². The Labute approximate surface area is 105 Å². The predicted molar refractivity (Wildman–Crippen MR) is 69.8 cm³/mol. The Bertz CT molecular complexity index is 329. The summed E-state index contributed by atoms with van der Waals surface area (Å²) in [4.78, 5) is 2.18. The Morgan fingerprint density at radius 3 is 2.41 bits per heavy atom. The second-order valence-electron chi connectivity index (χ2n) is 5.06. The van der Waals surface area contributed by atoms with E-state index in [0.717, 1.165) is 25.8 Å². The van der Waals surface area contributed by atoms with Crippen LogP contribution in [0.3, 0.4) is 0 Å². The summed E-state index contributed by atoms with van der Waals surface area (Å²) in [5.74, 6) is 0.0406. The SMILES string of the molecule is CCCCN(C(C)CC)C1CS(=O)(=O)CC1O. The molecule has 1 saturated heterocycles. The van der Waals surface area contributed by atoms with Crippen molar-refractivity contribution in [1.29, 1.82) is 0 Å². The van der Waals surface area contributed by atoms with E-state index in [4.69, 9.17) is 0 Å². The molecule has 1 rings (SSSR count). The van der Waals surface area contributed by atoms with Crippen LogP contribution in [0.1, 0.15) is 40.0 Å². The summed E-state index contributed by atoms with van der Waals surface area (Å²) in [5.41, 5.74) is 0. The molecule has 3 unspecified atom stereocenters. The minimum atomic E-state index is -3.05. The Morgan fingerprint density at radius 1 is 1.35 bits per heavy atom. The van der Waals surface area contributed by atoms with Gasteiger partial charge in [-0.15, -0.1) is 0 Å². The van der Waals surface area contributed by atoms with E-state index in [9.17, 15) is 13.5 Å². The van der Waals surface area contributed by atoms with Crippen LogP contribution in [-0.2, 0) is 9.84 Å². The average molecular weight is 263 g/mol. The maximum absolute atomic E-state index is 11.6. The van der Waals surface area contributed by atoms with Crippen molar-refractivity contribution in [3.8, 4) is 0 Å². The van der Waals surface area contributed by atoms with Gasteiger partial charge in [0.1, 0.15) is 0 Å². The third-order valence-electron chi connectivity index (χ3n) is 3.65. The minimum absolute atomic E-state index is 0.0727. The van der Waals surface area contributed by atoms with E-state index in [1.807, 2.05) is 0 Å². The summed E-state index contributed by atoms with van der Waals surface area (Å²) in [5, 5.41) is 9.92. The lowest BCUT2D eigenvalue weighted by atomic mass is 10.1. The van der Waals surface area contributed by atoms with Crippen molar-refractivity contribution in [3.63, 3.8) is 0 Å². The highest BCUT2D eigenvalue weighted by Crippen LogP contribution is 2.22. The molecule has 17 heavy (non-hydrogen) atoms. The largest absolute Gasteiger partial charge is 0.390 e. The molecule has 1 aliphatic rings. The highest BCUT2D eigenvalue weighted by Gasteiger charge is 2.40. The molecule has 0 aliphatic carbocycles. The lowest BCUT2D eigenvalue weighted by Crippen LogP contribution is -2.48. The molecule has 3 atom stereocenters. The Kier molecular flexibility index (Phi) is 5.41. The zero-order valence-corrected chi connectivity index (χ0v) is 11.9. The standard InChI is InChI=1S/C12H25NO3S/c1-4-6-7-13(10(3)5-2)11-8-17(15,16)9-12(11)14/h10-12,14H,4-9H2,1-3H3. The van der Waals surface area contributed by atoms with E-state index >= 15 is 0 Å². The van der Waals surface area contributed by atoms with Gasteiger partial charge < -0.3 is 5.11 Å².